The normalized spacial score (nSPS) is 14.3. The van der Waals surface area contributed by atoms with Crippen LogP contribution >= 0.6 is 0 Å². The van der Waals surface area contributed by atoms with Gasteiger partial charge in [-0.2, -0.15) is 5.10 Å². The summed E-state index contributed by atoms with van der Waals surface area (Å²) in [7, 11) is 0. The predicted octanol–water partition coefficient (Wildman–Crippen LogP) is 2.15. The van der Waals surface area contributed by atoms with E-state index in [9.17, 15) is 4.79 Å². The summed E-state index contributed by atoms with van der Waals surface area (Å²) in [5, 5.41) is 3.98. The number of rotatable bonds is 4. The topological polar surface area (TPSA) is 44.7 Å². The van der Waals surface area contributed by atoms with Crippen molar-refractivity contribution >= 4 is 12.1 Å². The summed E-state index contributed by atoms with van der Waals surface area (Å²) < 4.78 is 0. The summed E-state index contributed by atoms with van der Waals surface area (Å²) in [6.45, 7) is 2.01. The van der Waals surface area contributed by atoms with Gasteiger partial charge in [-0.1, -0.05) is 54.6 Å². The number of hydrogen-bond acceptors (Lipinski definition) is 3. The van der Waals surface area contributed by atoms with Crippen LogP contribution in [0.5, 0.6) is 0 Å². The summed E-state index contributed by atoms with van der Waals surface area (Å²) >= 11 is 0. The Bertz CT molecular complexity index is 627. The van der Waals surface area contributed by atoms with Gasteiger partial charge in [0.2, 0.25) is 0 Å². The van der Waals surface area contributed by atoms with E-state index in [2.05, 4.69) is 27.6 Å². The Morgan fingerprint density at radius 3 is 2.33 bits per heavy atom. The number of fused-ring (bicyclic) bond motifs is 1. The highest BCUT2D eigenvalue weighted by Crippen LogP contribution is 2.21. The second kappa shape index (κ2) is 6.33. The second-order valence-corrected chi connectivity index (χ2v) is 5.12. The number of nitrogens with zero attached hydrogens (tertiary/aromatic N) is 2. The van der Waals surface area contributed by atoms with Crippen molar-refractivity contribution < 1.29 is 4.79 Å². The Morgan fingerprint density at radius 1 is 1.05 bits per heavy atom. The van der Waals surface area contributed by atoms with Gasteiger partial charge in [0.15, 0.2) is 0 Å². The fraction of sp³-hybridized carbons (Fsp3) is 0.176. The average Bonchev–Trinajstić information content (AvgIpc) is 2.90. The second-order valence-electron chi connectivity index (χ2n) is 5.12. The summed E-state index contributed by atoms with van der Waals surface area (Å²) in [5.74, 6) is -0.0880. The number of carbonyl (C=O) groups is 1. The molecule has 0 aromatic heterocycles. The lowest BCUT2D eigenvalue weighted by molar-refractivity contribution is -0.122. The molecule has 0 atom stereocenters. The highest BCUT2D eigenvalue weighted by molar-refractivity contribution is 5.83. The van der Waals surface area contributed by atoms with Gasteiger partial charge in [-0.25, -0.2) is 5.43 Å². The van der Waals surface area contributed by atoms with Gasteiger partial charge < -0.3 is 0 Å². The monoisotopic (exact) mass is 279 g/mol. The van der Waals surface area contributed by atoms with Crippen LogP contribution in [0.2, 0.25) is 0 Å². The molecular formula is C17H17N3O. The van der Waals surface area contributed by atoms with Crippen molar-refractivity contribution in [2.45, 2.75) is 13.1 Å². The van der Waals surface area contributed by atoms with Crippen LogP contribution in [0.3, 0.4) is 0 Å². The maximum Gasteiger partial charge on any atom is 0.254 e. The largest absolute Gasteiger partial charge is 0.286 e. The molecule has 0 aliphatic carbocycles. The van der Waals surface area contributed by atoms with Crippen molar-refractivity contribution in [2.75, 3.05) is 6.54 Å². The van der Waals surface area contributed by atoms with Crippen LogP contribution < -0.4 is 5.43 Å². The first kappa shape index (κ1) is 13.5. The summed E-state index contributed by atoms with van der Waals surface area (Å²) in [6, 6.07) is 18.0. The molecule has 0 unspecified atom stereocenters. The van der Waals surface area contributed by atoms with E-state index in [0.29, 0.717) is 6.54 Å². The van der Waals surface area contributed by atoms with E-state index in [-0.39, 0.29) is 5.91 Å². The van der Waals surface area contributed by atoms with Gasteiger partial charge in [-0.15, -0.1) is 0 Å². The molecule has 0 saturated heterocycles. The Balaban J connectivity index is 1.49. The minimum Gasteiger partial charge on any atom is -0.286 e. The molecule has 1 aliphatic rings. The molecule has 0 fully saturated rings. The van der Waals surface area contributed by atoms with E-state index in [0.717, 1.165) is 18.7 Å². The molecule has 2 aromatic carbocycles. The highest BCUT2D eigenvalue weighted by atomic mass is 16.2. The Kier molecular flexibility index (Phi) is 4.07. The molecule has 21 heavy (non-hydrogen) atoms. The van der Waals surface area contributed by atoms with Crippen LogP contribution in [0.15, 0.2) is 59.7 Å². The molecule has 0 radical (unpaired) electrons. The zero-order valence-corrected chi connectivity index (χ0v) is 11.7. The van der Waals surface area contributed by atoms with E-state index < -0.39 is 0 Å². The fourth-order valence-corrected chi connectivity index (χ4v) is 2.47. The Labute approximate surface area is 124 Å². The van der Waals surface area contributed by atoms with E-state index in [1.54, 1.807) is 6.21 Å². The van der Waals surface area contributed by atoms with Crippen LogP contribution in [-0.2, 0) is 17.9 Å². The number of nitrogens with one attached hydrogen (secondary N) is 1. The molecule has 106 valence electrons. The highest BCUT2D eigenvalue weighted by Gasteiger charge is 2.19. The van der Waals surface area contributed by atoms with E-state index in [1.165, 1.54) is 11.1 Å². The zero-order chi connectivity index (χ0) is 14.5. The number of benzene rings is 2. The summed E-state index contributed by atoms with van der Waals surface area (Å²) in [5.41, 5.74) is 6.15. The minimum absolute atomic E-state index is 0.0880. The number of hydrazone groups is 1. The molecule has 2 aromatic rings. The number of carbonyl (C=O) groups excluding carboxylic acids is 1. The van der Waals surface area contributed by atoms with Crippen molar-refractivity contribution in [3.8, 4) is 0 Å². The minimum atomic E-state index is -0.0880. The quantitative estimate of drug-likeness (QED) is 0.688. The summed E-state index contributed by atoms with van der Waals surface area (Å²) in [6.07, 6.45) is 1.65. The Hall–Kier alpha value is -2.46. The van der Waals surface area contributed by atoms with Crippen LogP contribution in [0.25, 0.3) is 0 Å². The van der Waals surface area contributed by atoms with Crippen molar-refractivity contribution in [1.29, 1.82) is 0 Å². The smallest absolute Gasteiger partial charge is 0.254 e. The van der Waals surface area contributed by atoms with Crippen LogP contribution in [0.4, 0.5) is 0 Å². The van der Waals surface area contributed by atoms with Gasteiger partial charge in [0.25, 0.3) is 5.91 Å². The molecule has 0 saturated carbocycles. The fourth-order valence-electron chi connectivity index (χ4n) is 2.47. The lowest BCUT2D eigenvalue weighted by Gasteiger charge is -2.12. The summed E-state index contributed by atoms with van der Waals surface area (Å²) in [4.78, 5) is 14.0. The van der Waals surface area contributed by atoms with Crippen LogP contribution in [0, 0.1) is 0 Å². The van der Waals surface area contributed by atoms with Gasteiger partial charge in [-0.05, 0) is 16.7 Å². The van der Waals surface area contributed by atoms with Gasteiger partial charge in [0.1, 0.15) is 0 Å². The number of hydrogen-bond donors (Lipinski definition) is 1. The maximum atomic E-state index is 11.9. The molecule has 4 heteroatoms. The molecule has 4 nitrogen and oxygen atoms in total. The third-order valence-corrected chi connectivity index (χ3v) is 3.48. The van der Waals surface area contributed by atoms with Crippen LogP contribution in [0.1, 0.15) is 16.7 Å². The molecule has 0 bridgehead atoms. The lowest BCUT2D eigenvalue weighted by Crippen LogP contribution is -2.32. The third-order valence-electron chi connectivity index (χ3n) is 3.48. The third kappa shape index (κ3) is 3.55. The maximum absolute atomic E-state index is 11.9. The van der Waals surface area contributed by atoms with Gasteiger partial charge in [-0.3, -0.25) is 9.69 Å². The van der Waals surface area contributed by atoms with E-state index >= 15 is 0 Å². The van der Waals surface area contributed by atoms with E-state index in [1.807, 2.05) is 42.5 Å². The predicted molar refractivity (Wildman–Crippen MR) is 82.7 cm³/mol. The first-order valence-corrected chi connectivity index (χ1v) is 6.97. The molecule has 1 aliphatic heterocycles. The van der Waals surface area contributed by atoms with Crippen molar-refractivity contribution in [3.05, 3.63) is 71.3 Å². The van der Waals surface area contributed by atoms with Crippen LogP contribution in [-0.4, -0.2) is 23.6 Å². The molecule has 1 N–H and O–H groups in total. The average molecular weight is 279 g/mol. The van der Waals surface area contributed by atoms with E-state index in [4.69, 9.17) is 0 Å². The first-order valence-electron chi connectivity index (χ1n) is 6.97. The van der Waals surface area contributed by atoms with Crippen molar-refractivity contribution in [2.24, 2.45) is 5.10 Å². The van der Waals surface area contributed by atoms with Gasteiger partial charge in [0.05, 0.1) is 12.8 Å². The zero-order valence-electron chi connectivity index (χ0n) is 11.7. The molecule has 3 rings (SSSR count). The molecular weight excluding hydrogens is 262 g/mol. The van der Waals surface area contributed by atoms with Crippen molar-refractivity contribution in [1.82, 2.24) is 10.3 Å². The van der Waals surface area contributed by atoms with Gasteiger partial charge in [0, 0.05) is 13.1 Å². The SMILES string of the molecule is O=C(CN1Cc2ccccc2C1)N/N=C\c1ccccc1. The number of amides is 1. The molecule has 1 amide bonds. The van der Waals surface area contributed by atoms with Gasteiger partial charge >= 0.3 is 0 Å². The van der Waals surface area contributed by atoms with Crippen molar-refractivity contribution in [3.63, 3.8) is 0 Å². The first-order chi connectivity index (χ1) is 10.3. The lowest BCUT2D eigenvalue weighted by atomic mass is 10.1. The molecule has 1 heterocycles. The molecule has 0 spiro atoms. The Morgan fingerprint density at radius 2 is 1.67 bits per heavy atom. The standard InChI is InChI=1S/C17H17N3O/c21-17(19-18-10-14-6-2-1-3-7-14)13-20-11-15-8-4-5-9-16(15)12-20/h1-10H,11-13H2,(H,19,21)/b18-10-.